The summed E-state index contributed by atoms with van der Waals surface area (Å²) in [4.78, 5) is 35.3. The highest BCUT2D eigenvalue weighted by atomic mass is 16.4. The van der Waals surface area contributed by atoms with Gasteiger partial charge < -0.3 is 15.3 Å². The lowest BCUT2D eigenvalue weighted by atomic mass is 10.1. The first-order valence-corrected chi connectivity index (χ1v) is 5.73. The van der Waals surface area contributed by atoms with Crippen LogP contribution in [0.5, 0.6) is 0 Å². The van der Waals surface area contributed by atoms with Gasteiger partial charge in [0.25, 0.3) is 5.91 Å². The molecular weight excluding hydrogens is 248 g/mol. The van der Waals surface area contributed by atoms with Crippen LogP contribution in [0.25, 0.3) is 0 Å². The minimum Gasteiger partial charge on any atom is -0.478 e. The van der Waals surface area contributed by atoms with Crippen LogP contribution in [0.2, 0.25) is 0 Å². The van der Waals surface area contributed by atoms with Crippen molar-refractivity contribution in [2.24, 2.45) is 0 Å². The number of hydrogen-bond donors (Lipinski definition) is 2. The number of carbonyl (C=O) groups excluding carboxylic acids is 2. The van der Waals surface area contributed by atoms with Crippen LogP contribution in [0.4, 0.5) is 0 Å². The molecule has 0 aliphatic heterocycles. The molecule has 102 valence electrons. The molecule has 0 heterocycles. The van der Waals surface area contributed by atoms with Crippen LogP contribution in [0.3, 0.4) is 0 Å². The molecule has 6 nitrogen and oxygen atoms in total. The number of nitrogens with one attached hydrogen (secondary N) is 1. The summed E-state index contributed by atoms with van der Waals surface area (Å²) in [5, 5.41) is 11.4. The molecule has 0 fully saturated rings. The van der Waals surface area contributed by atoms with Gasteiger partial charge in [0.1, 0.15) is 0 Å². The predicted molar refractivity (Wildman–Crippen MR) is 69.0 cm³/mol. The molecule has 19 heavy (non-hydrogen) atoms. The van der Waals surface area contributed by atoms with E-state index < -0.39 is 11.9 Å². The largest absolute Gasteiger partial charge is 0.478 e. The van der Waals surface area contributed by atoms with Crippen LogP contribution in [0.15, 0.2) is 24.3 Å². The molecule has 0 aromatic heterocycles. The third-order valence-corrected chi connectivity index (χ3v) is 2.49. The Morgan fingerprint density at radius 1 is 1.21 bits per heavy atom. The van der Waals surface area contributed by atoms with Crippen LogP contribution in [0.1, 0.15) is 27.1 Å². The molecule has 0 saturated carbocycles. The van der Waals surface area contributed by atoms with Crippen LogP contribution in [0, 0.1) is 0 Å². The minimum atomic E-state index is -1.09. The van der Waals surface area contributed by atoms with Crippen molar-refractivity contribution in [1.82, 2.24) is 10.2 Å². The van der Waals surface area contributed by atoms with Crippen LogP contribution in [-0.2, 0) is 4.79 Å². The second kappa shape index (κ2) is 6.53. The summed E-state index contributed by atoms with van der Waals surface area (Å²) >= 11 is 0. The van der Waals surface area contributed by atoms with Gasteiger partial charge in [-0.3, -0.25) is 9.59 Å². The highest BCUT2D eigenvalue weighted by Crippen LogP contribution is 2.05. The zero-order chi connectivity index (χ0) is 14.4. The van der Waals surface area contributed by atoms with E-state index in [4.69, 9.17) is 5.11 Å². The fraction of sp³-hybridized carbons (Fsp3) is 0.308. The van der Waals surface area contributed by atoms with E-state index in [0.29, 0.717) is 0 Å². The number of carboxylic acids is 1. The van der Waals surface area contributed by atoms with Gasteiger partial charge >= 0.3 is 5.97 Å². The zero-order valence-corrected chi connectivity index (χ0v) is 10.8. The molecule has 0 bridgehead atoms. The third kappa shape index (κ3) is 4.42. The van der Waals surface area contributed by atoms with Gasteiger partial charge in [0, 0.05) is 32.6 Å². The molecule has 1 aromatic rings. The van der Waals surface area contributed by atoms with Gasteiger partial charge in [-0.2, -0.15) is 0 Å². The van der Waals surface area contributed by atoms with E-state index in [2.05, 4.69) is 5.32 Å². The molecule has 1 rings (SSSR count). The Morgan fingerprint density at radius 3 is 2.42 bits per heavy atom. The smallest absolute Gasteiger partial charge is 0.335 e. The lowest BCUT2D eigenvalue weighted by Crippen LogP contribution is -2.30. The lowest BCUT2D eigenvalue weighted by Gasteiger charge is -2.10. The van der Waals surface area contributed by atoms with E-state index in [0.717, 1.165) is 0 Å². The highest BCUT2D eigenvalue weighted by molar-refractivity contribution is 5.97. The molecule has 0 aliphatic rings. The van der Waals surface area contributed by atoms with Gasteiger partial charge in [-0.15, -0.1) is 0 Å². The molecule has 2 amide bonds. The number of nitrogens with zero attached hydrogens (tertiary/aromatic N) is 1. The Morgan fingerprint density at radius 2 is 1.84 bits per heavy atom. The topological polar surface area (TPSA) is 86.7 Å². The molecule has 0 spiro atoms. The van der Waals surface area contributed by atoms with Crippen molar-refractivity contribution in [3.05, 3.63) is 35.4 Å². The van der Waals surface area contributed by atoms with Crippen LogP contribution >= 0.6 is 0 Å². The molecule has 0 saturated heterocycles. The maximum absolute atomic E-state index is 11.7. The van der Waals surface area contributed by atoms with Crippen LogP contribution < -0.4 is 5.32 Å². The maximum Gasteiger partial charge on any atom is 0.335 e. The fourth-order valence-corrected chi connectivity index (χ4v) is 1.40. The number of hydrogen-bond acceptors (Lipinski definition) is 3. The van der Waals surface area contributed by atoms with Crippen molar-refractivity contribution in [3.63, 3.8) is 0 Å². The first-order valence-electron chi connectivity index (χ1n) is 5.73. The van der Waals surface area contributed by atoms with Gasteiger partial charge in [-0.05, 0) is 18.2 Å². The second-order valence-corrected chi connectivity index (χ2v) is 4.18. The standard InChI is InChI=1S/C13H16N2O4/c1-15(2)11(16)6-7-14-12(17)9-4-3-5-10(8-9)13(18)19/h3-5,8H,6-7H2,1-2H3,(H,14,17)(H,18,19). The Kier molecular flexibility index (Phi) is 5.05. The number of amides is 2. The van der Waals surface area contributed by atoms with Gasteiger partial charge in [0.2, 0.25) is 5.91 Å². The molecule has 0 aliphatic carbocycles. The normalized spacial score (nSPS) is 9.79. The molecule has 0 radical (unpaired) electrons. The Bertz CT molecular complexity index is 497. The number of aromatic carboxylic acids is 1. The minimum absolute atomic E-state index is 0.0528. The number of carboxylic acid groups (broad SMARTS) is 1. The Balaban J connectivity index is 2.57. The van der Waals surface area contributed by atoms with Crippen molar-refractivity contribution < 1.29 is 19.5 Å². The molecular formula is C13H16N2O4. The average molecular weight is 264 g/mol. The molecule has 0 atom stereocenters. The van der Waals surface area contributed by atoms with E-state index in [9.17, 15) is 14.4 Å². The average Bonchev–Trinajstić information content (AvgIpc) is 2.38. The number of carbonyl (C=O) groups is 3. The maximum atomic E-state index is 11.7. The number of benzene rings is 1. The summed E-state index contributed by atoms with van der Waals surface area (Å²) in [5.74, 6) is -1.56. The van der Waals surface area contributed by atoms with E-state index in [-0.39, 0.29) is 30.0 Å². The predicted octanol–water partition coefficient (Wildman–Crippen LogP) is 0.593. The van der Waals surface area contributed by atoms with Crippen molar-refractivity contribution >= 4 is 17.8 Å². The molecule has 2 N–H and O–H groups in total. The van der Waals surface area contributed by atoms with Gasteiger partial charge in [0.05, 0.1) is 5.56 Å². The van der Waals surface area contributed by atoms with Crippen molar-refractivity contribution in [2.75, 3.05) is 20.6 Å². The van der Waals surface area contributed by atoms with E-state index in [1.54, 1.807) is 14.1 Å². The quantitative estimate of drug-likeness (QED) is 0.815. The third-order valence-electron chi connectivity index (χ3n) is 2.49. The van der Waals surface area contributed by atoms with Crippen LogP contribution in [-0.4, -0.2) is 48.4 Å². The fourth-order valence-electron chi connectivity index (χ4n) is 1.40. The number of rotatable bonds is 5. The van der Waals surface area contributed by atoms with Gasteiger partial charge in [0.15, 0.2) is 0 Å². The molecule has 0 unspecified atom stereocenters. The van der Waals surface area contributed by atoms with E-state index in [1.807, 2.05) is 0 Å². The van der Waals surface area contributed by atoms with Crippen molar-refractivity contribution in [1.29, 1.82) is 0 Å². The van der Waals surface area contributed by atoms with E-state index >= 15 is 0 Å². The summed E-state index contributed by atoms with van der Waals surface area (Å²) in [6.45, 7) is 0.215. The van der Waals surface area contributed by atoms with Gasteiger partial charge in [-0.1, -0.05) is 6.07 Å². The van der Waals surface area contributed by atoms with Crippen molar-refractivity contribution in [3.8, 4) is 0 Å². The Hall–Kier alpha value is -2.37. The molecule has 1 aromatic carbocycles. The SMILES string of the molecule is CN(C)C(=O)CCNC(=O)c1cccc(C(=O)O)c1. The summed E-state index contributed by atoms with van der Waals surface area (Å²) in [5.41, 5.74) is 0.314. The molecule has 6 heteroatoms. The first kappa shape index (κ1) is 14.7. The van der Waals surface area contributed by atoms with Crippen molar-refractivity contribution in [2.45, 2.75) is 6.42 Å². The zero-order valence-electron chi connectivity index (χ0n) is 10.8. The summed E-state index contributed by atoms with van der Waals surface area (Å²) in [6, 6.07) is 5.74. The van der Waals surface area contributed by atoms with Gasteiger partial charge in [-0.25, -0.2) is 4.79 Å². The monoisotopic (exact) mass is 264 g/mol. The first-order chi connectivity index (χ1) is 8.91. The Labute approximate surface area is 111 Å². The summed E-state index contributed by atoms with van der Waals surface area (Å²) < 4.78 is 0. The summed E-state index contributed by atoms with van der Waals surface area (Å²) in [6.07, 6.45) is 0.206. The second-order valence-electron chi connectivity index (χ2n) is 4.18. The van der Waals surface area contributed by atoms with E-state index in [1.165, 1.54) is 29.2 Å². The summed E-state index contributed by atoms with van der Waals surface area (Å²) in [7, 11) is 3.28. The lowest BCUT2D eigenvalue weighted by molar-refractivity contribution is -0.128. The highest BCUT2D eigenvalue weighted by Gasteiger charge is 2.10.